The highest BCUT2D eigenvalue weighted by Gasteiger charge is 2.74. The van der Waals surface area contributed by atoms with Crippen molar-refractivity contribution >= 4 is 46.8 Å². The van der Waals surface area contributed by atoms with Gasteiger partial charge in [-0.1, -0.05) is 92.2 Å². The highest BCUT2D eigenvalue weighted by Crippen LogP contribution is 2.66. The van der Waals surface area contributed by atoms with Gasteiger partial charge in [0.1, 0.15) is 6.04 Å². The number of rotatable bonds is 7. The lowest BCUT2D eigenvalue weighted by atomic mass is 9.74. The maximum atomic E-state index is 14.9. The number of hydrogen-bond donors (Lipinski definition) is 1. The number of aryl methyl sites for hydroxylation is 1. The molecule has 0 radical (unpaired) electrons. The summed E-state index contributed by atoms with van der Waals surface area (Å²) in [7, 11) is 0. The lowest BCUT2D eigenvalue weighted by Gasteiger charge is -2.40. The maximum absolute atomic E-state index is 14.9. The van der Waals surface area contributed by atoms with Crippen LogP contribution in [0.1, 0.15) is 38.3 Å². The zero-order chi connectivity index (χ0) is 31.4. The van der Waals surface area contributed by atoms with Crippen LogP contribution in [0.25, 0.3) is 0 Å². The van der Waals surface area contributed by atoms with Crippen molar-refractivity contribution in [2.75, 3.05) is 24.6 Å². The van der Waals surface area contributed by atoms with Crippen molar-refractivity contribution in [1.29, 1.82) is 0 Å². The fourth-order valence-corrected chi connectivity index (χ4v) is 10.3. The highest BCUT2D eigenvalue weighted by atomic mass is 35.5. The summed E-state index contributed by atoms with van der Waals surface area (Å²) in [6.07, 6.45) is 8.60. The van der Waals surface area contributed by atoms with Crippen molar-refractivity contribution in [2.45, 2.75) is 62.2 Å². The quantitative estimate of drug-likeness (QED) is 0.422. The van der Waals surface area contributed by atoms with Crippen LogP contribution in [0.2, 0.25) is 5.02 Å². The average molecular weight is 634 g/mol. The van der Waals surface area contributed by atoms with Crippen LogP contribution in [0.4, 0.5) is 5.69 Å². The molecule has 3 amide bonds. The number of halogens is 1. The van der Waals surface area contributed by atoms with E-state index in [0.717, 1.165) is 11.1 Å². The number of carbonyl (C=O) groups excluding carboxylic acids is 3. The molecule has 232 valence electrons. The fourth-order valence-electron chi connectivity index (χ4n) is 7.84. The Bertz CT molecular complexity index is 1510. The number of amides is 3. The van der Waals surface area contributed by atoms with Crippen LogP contribution in [-0.4, -0.2) is 73.9 Å². The first-order valence-electron chi connectivity index (χ1n) is 15.4. The van der Waals surface area contributed by atoms with E-state index in [2.05, 4.69) is 6.08 Å². The molecule has 2 aromatic carbocycles. The maximum Gasteiger partial charge on any atom is 0.251 e. The second-order valence-electron chi connectivity index (χ2n) is 13.1. The third kappa shape index (κ3) is 4.90. The van der Waals surface area contributed by atoms with Gasteiger partial charge in [-0.3, -0.25) is 14.4 Å². The SMILES string of the molecule is Cc1cccc(Cl)c1N1CC=C[C@]23S[C@@]4(C)C=CCN(Cc5ccccc5)C(=O)[C@H]4[C@H]2C(=O)N([C@@H](CO)CC(C)C)C3C1=O. The lowest BCUT2D eigenvalue weighted by Crippen LogP contribution is -2.57. The molecule has 1 spiro atoms. The summed E-state index contributed by atoms with van der Waals surface area (Å²) in [5.74, 6) is -1.84. The number of benzene rings is 2. The summed E-state index contributed by atoms with van der Waals surface area (Å²) in [6.45, 7) is 8.93. The van der Waals surface area contributed by atoms with Crippen molar-refractivity contribution in [3.05, 3.63) is 89.0 Å². The summed E-state index contributed by atoms with van der Waals surface area (Å²) in [5.41, 5.74) is 2.49. The van der Waals surface area contributed by atoms with Crippen LogP contribution in [0.15, 0.2) is 72.8 Å². The van der Waals surface area contributed by atoms with E-state index in [9.17, 15) is 19.5 Å². The van der Waals surface area contributed by atoms with E-state index in [1.54, 1.807) is 27.6 Å². The Labute approximate surface area is 268 Å². The number of para-hydroxylation sites is 1. The van der Waals surface area contributed by atoms with Crippen LogP contribution >= 0.6 is 23.4 Å². The van der Waals surface area contributed by atoms with Crippen LogP contribution < -0.4 is 4.90 Å². The smallest absolute Gasteiger partial charge is 0.251 e. The molecule has 2 aromatic rings. The molecule has 2 saturated heterocycles. The van der Waals surface area contributed by atoms with Crippen molar-refractivity contribution < 1.29 is 19.5 Å². The Morgan fingerprint density at radius 1 is 0.955 bits per heavy atom. The standard InChI is InChI=1S/C35H40ClN3O4S/c1-22(2)19-25(21-40)39-30-33(43)38(29-23(3)11-8-14-26(29)36)18-10-16-35(30)28(32(39)42)27-31(41)37(17-9-15-34(27,4)44-35)20-24-12-6-5-7-13-24/h5-16,22,25,27-28,30,40H,17-21H2,1-4H3/t25-,27-,28+,30?,34+,35+/m1/s1. The van der Waals surface area contributed by atoms with Gasteiger partial charge in [0.15, 0.2) is 0 Å². The molecule has 4 aliphatic rings. The second kappa shape index (κ2) is 11.7. The van der Waals surface area contributed by atoms with E-state index in [1.165, 1.54) is 0 Å². The molecule has 0 saturated carbocycles. The Morgan fingerprint density at radius 3 is 2.36 bits per heavy atom. The van der Waals surface area contributed by atoms with Crippen LogP contribution in [0.5, 0.6) is 0 Å². The largest absolute Gasteiger partial charge is 0.394 e. The van der Waals surface area contributed by atoms with Gasteiger partial charge in [0.2, 0.25) is 11.8 Å². The summed E-state index contributed by atoms with van der Waals surface area (Å²) < 4.78 is -1.71. The minimum absolute atomic E-state index is 0.0852. The van der Waals surface area contributed by atoms with Gasteiger partial charge in [0, 0.05) is 24.4 Å². The summed E-state index contributed by atoms with van der Waals surface area (Å²) in [5, 5.41) is 11.1. The third-order valence-corrected chi connectivity index (χ3v) is 11.7. The Morgan fingerprint density at radius 2 is 1.68 bits per heavy atom. The summed E-state index contributed by atoms with van der Waals surface area (Å²) in [4.78, 5) is 49.5. The molecule has 2 fully saturated rings. The first-order valence-corrected chi connectivity index (χ1v) is 16.6. The number of thioether (sulfide) groups is 1. The molecule has 4 aliphatic heterocycles. The van der Waals surface area contributed by atoms with Crippen molar-refractivity contribution in [2.24, 2.45) is 17.8 Å². The van der Waals surface area contributed by atoms with Crippen molar-refractivity contribution in [3.63, 3.8) is 0 Å². The second-order valence-corrected chi connectivity index (χ2v) is 15.3. The van der Waals surface area contributed by atoms with E-state index in [-0.39, 0.29) is 36.8 Å². The molecule has 6 rings (SSSR count). The van der Waals surface area contributed by atoms with E-state index in [1.807, 2.05) is 93.3 Å². The number of fused-ring (bicyclic) bond motifs is 2. The molecule has 44 heavy (non-hydrogen) atoms. The summed E-state index contributed by atoms with van der Waals surface area (Å²) in [6, 6.07) is 13.9. The number of carbonyl (C=O) groups is 3. The first kappa shape index (κ1) is 30.9. The molecule has 6 atom stereocenters. The third-order valence-electron chi connectivity index (χ3n) is 9.60. The van der Waals surface area contributed by atoms with Crippen LogP contribution in [-0.2, 0) is 20.9 Å². The van der Waals surface area contributed by atoms with E-state index < -0.39 is 33.4 Å². The first-order chi connectivity index (χ1) is 21.0. The van der Waals surface area contributed by atoms with Crippen molar-refractivity contribution in [1.82, 2.24) is 9.80 Å². The Hall–Kier alpha value is -3.07. The number of aliphatic hydroxyl groups is 1. The van der Waals surface area contributed by atoms with Gasteiger partial charge >= 0.3 is 0 Å². The zero-order valence-corrected chi connectivity index (χ0v) is 27.2. The molecule has 1 unspecified atom stereocenters. The van der Waals surface area contributed by atoms with Gasteiger partial charge in [-0.15, -0.1) is 11.8 Å². The average Bonchev–Trinajstić information content (AvgIpc) is 3.26. The van der Waals surface area contributed by atoms with Gasteiger partial charge in [-0.25, -0.2) is 0 Å². The predicted molar refractivity (Wildman–Crippen MR) is 175 cm³/mol. The van der Waals surface area contributed by atoms with E-state index in [4.69, 9.17) is 11.6 Å². The molecule has 1 N–H and O–H groups in total. The molecular formula is C35H40ClN3O4S. The number of aliphatic hydroxyl groups excluding tert-OH is 1. The molecule has 7 nitrogen and oxygen atoms in total. The van der Waals surface area contributed by atoms with Gasteiger partial charge in [-0.2, -0.15) is 0 Å². The Balaban J connectivity index is 1.48. The minimum atomic E-state index is -1.00. The number of nitrogens with zero attached hydrogens (tertiary/aromatic N) is 3. The fraction of sp³-hybridized carbons (Fsp3) is 0.457. The number of anilines is 1. The van der Waals surface area contributed by atoms with Gasteiger partial charge in [-0.05, 0) is 43.4 Å². The number of hydrogen-bond acceptors (Lipinski definition) is 5. The normalized spacial score (nSPS) is 30.4. The zero-order valence-electron chi connectivity index (χ0n) is 25.7. The molecule has 9 heteroatoms. The van der Waals surface area contributed by atoms with E-state index >= 15 is 0 Å². The highest BCUT2D eigenvalue weighted by molar-refractivity contribution is 8.02. The number of likely N-dealkylation sites (tertiary alicyclic amines) is 1. The van der Waals surface area contributed by atoms with E-state index in [0.29, 0.717) is 30.2 Å². The minimum Gasteiger partial charge on any atom is -0.394 e. The molecular weight excluding hydrogens is 594 g/mol. The lowest BCUT2D eigenvalue weighted by molar-refractivity contribution is -0.145. The van der Waals surface area contributed by atoms with Gasteiger partial charge in [0.25, 0.3) is 5.91 Å². The van der Waals surface area contributed by atoms with Crippen LogP contribution in [0.3, 0.4) is 0 Å². The Kier molecular flexibility index (Phi) is 8.22. The molecule has 0 bridgehead atoms. The van der Waals surface area contributed by atoms with Gasteiger partial charge in [0.05, 0.1) is 39.9 Å². The van der Waals surface area contributed by atoms with Crippen molar-refractivity contribution in [3.8, 4) is 0 Å². The monoisotopic (exact) mass is 633 g/mol. The molecule has 0 aliphatic carbocycles. The van der Waals surface area contributed by atoms with Gasteiger partial charge < -0.3 is 19.8 Å². The molecule has 4 heterocycles. The molecule has 0 aromatic heterocycles. The summed E-state index contributed by atoms with van der Waals surface area (Å²) >= 11 is 8.25. The van der Waals surface area contributed by atoms with Crippen LogP contribution in [0, 0.1) is 24.7 Å². The predicted octanol–water partition coefficient (Wildman–Crippen LogP) is 5.24. The topological polar surface area (TPSA) is 81.2 Å².